The summed E-state index contributed by atoms with van der Waals surface area (Å²) in [5.41, 5.74) is 1.97. The third kappa shape index (κ3) is 7.78. The zero-order chi connectivity index (χ0) is 20.8. The predicted molar refractivity (Wildman–Crippen MR) is 120 cm³/mol. The molecule has 28 heavy (non-hydrogen) atoms. The van der Waals surface area contributed by atoms with E-state index in [9.17, 15) is 0 Å². The molecule has 0 N–H and O–H groups in total. The lowest BCUT2D eigenvalue weighted by molar-refractivity contribution is -0.0902. The van der Waals surface area contributed by atoms with Gasteiger partial charge in [0.1, 0.15) is 5.75 Å². The monoisotopic (exact) mass is 388 g/mol. The van der Waals surface area contributed by atoms with Crippen molar-refractivity contribution in [2.45, 2.75) is 106 Å². The van der Waals surface area contributed by atoms with Gasteiger partial charge in [-0.2, -0.15) is 0 Å². The van der Waals surface area contributed by atoms with Gasteiger partial charge in [0.15, 0.2) is 6.29 Å². The molecule has 2 unspecified atom stereocenters. The Hall–Kier alpha value is -1.02. The second-order valence-electron chi connectivity index (χ2n) is 11.0. The molecule has 0 bridgehead atoms. The van der Waals surface area contributed by atoms with Gasteiger partial charge in [-0.3, -0.25) is 0 Å². The summed E-state index contributed by atoms with van der Waals surface area (Å²) in [7, 11) is 0. The molecule has 1 saturated carbocycles. The van der Waals surface area contributed by atoms with Gasteiger partial charge >= 0.3 is 0 Å². The van der Waals surface area contributed by atoms with Crippen molar-refractivity contribution in [2.24, 2.45) is 16.7 Å². The SMILES string of the molecule is CCOC(CC1CCCCC1)Oc1ccc(C(CC(C)(C)C)C(C)(C)C)cc1. The van der Waals surface area contributed by atoms with Crippen LogP contribution in [0.1, 0.15) is 105 Å². The third-order valence-corrected chi connectivity index (χ3v) is 6.01. The molecule has 2 rings (SSSR count). The molecule has 0 saturated heterocycles. The van der Waals surface area contributed by atoms with Crippen LogP contribution < -0.4 is 4.74 Å². The fourth-order valence-electron chi connectivity index (χ4n) is 4.50. The summed E-state index contributed by atoms with van der Waals surface area (Å²) < 4.78 is 12.2. The first-order chi connectivity index (χ1) is 13.1. The predicted octanol–water partition coefficient (Wildman–Crippen LogP) is 7.96. The lowest BCUT2D eigenvalue weighted by Crippen LogP contribution is -2.25. The molecule has 1 aromatic rings. The molecule has 0 aliphatic heterocycles. The Kier molecular flexibility index (Phi) is 8.43. The highest BCUT2D eigenvalue weighted by Crippen LogP contribution is 2.43. The van der Waals surface area contributed by atoms with Crippen molar-refractivity contribution < 1.29 is 9.47 Å². The van der Waals surface area contributed by atoms with E-state index in [2.05, 4.69) is 72.7 Å². The number of rotatable bonds is 8. The Morgan fingerprint density at radius 3 is 2.04 bits per heavy atom. The Morgan fingerprint density at radius 2 is 1.54 bits per heavy atom. The fraction of sp³-hybridized carbons (Fsp3) is 0.769. The van der Waals surface area contributed by atoms with Crippen molar-refractivity contribution >= 4 is 0 Å². The van der Waals surface area contributed by atoms with E-state index in [-0.39, 0.29) is 11.7 Å². The Labute approximate surface area is 174 Å². The smallest absolute Gasteiger partial charge is 0.200 e. The van der Waals surface area contributed by atoms with Crippen LogP contribution in [0.4, 0.5) is 0 Å². The van der Waals surface area contributed by atoms with Crippen molar-refractivity contribution in [1.29, 1.82) is 0 Å². The lowest BCUT2D eigenvalue weighted by atomic mass is 9.69. The van der Waals surface area contributed by atoms with Gasteiger partial charge in [-0.25, -0.2) is 0 Å². The minimum absolute atomic E-state index is 0.119. The molecule has 0 radical (unpaired) electrons. The quantitative estimate of drug-likeness (QED) is 0.420. The van der Waals surface area contributed by atoms with Crippen LogP contribution in [0.25, 0.3) is 0 Å². The lowest BCUT2D eigenvalue weighted by Gasteiger charge is -2.36. The van der Waals surface area contributed by atoms with Crippen LogP contribution in [-0.4, -0.2) is 12.9 Å². The van der Waals surface area contributed by atoms with E-state index >= 15 is 0 Å². The zero-order valence-electron chi connectivity index (χ0n) is 19.5. The van der Waals surface area contributed by atoms with Crippen molar-refractivity contribution in [3.63, 3.8) is 0 Å². The van der Waals surface area contributed by atoms with Crippen LogP contribution in [0, 0.1) is 16.7 Å². The molecule has 0 amide bonds. The van der Waals surface area contributed by atoms with Gasteiger partial charge in [0.2, 0.25) is 0 Å². The maximum Gasteiger partial charge on any atom is 0.200 e. The maximum absolute atomic E-state index is 6.26. The van der Waals surface area contributed by atoms with Crippen LogP contribution in [-0.2, 0) is 4.74 Å². The number of ether oxygens (including phenoxy) is 2. The van der Waals surface area contributed by atoms with Gasteiger partial charge in [-0.15, -0.1) is 0 Å². The van der Waals surface area contributed by atoms with E-state index < -0.39 is 0 Å². The van der Waals surface area contributed by atoms with E-state index in [1.165, 1.54) is 44.1 Å². The van der Waals surface area contributed by atoms with E-state index in [1.54, 1.807) is 0 Å². The largest absolute Gasteiger partial charge is 0.465 e. The van der Waals surface area contributed by atoms with Crippen molar-refractivity contribution in [3.8, 4) is 5.75 Å². The van der Waals surface area contributed by atoms with Crippen LogP contribution in [0.2, 0.25) is 0 Å². The molecule has 1 aliphatic carbocycles. The summed E-state index contributed by atoms with van der Waals surface area (Å²) in [6.45, 7) is 16.8. The maximum atomic E-state index is 6.26. The van der Waals surface area contributed by atoms with Crippen LogP contribution >= 0.6 is 0 Å². The molecule has 1 aliphatic rings. The average molecular weight is 389 g/mol. The summed E-state index contributed by atoms with van der Waals surface area (Å²) in [5.74, 6) is 2.22. The van der Waals surface area contributed by atoms with E-state index in [4.69, 9.17) is 9.47 Å². The van der Waals surface area contributed by atoms with Gasteiger partial charge in [0.05, 0.1) is 0 Å². The molecule has 2 atom stereocenters. The Balaban J connectivity index is 2.05. The average Bonchev–Trinajstić information content (AvgIpc) is 2.60. The van der Waals surface area contributed by atoms with E-state index in [0.29, 0.717) is 17.9 Å². The standard InChI is InChI=1S/C26H44O2/c1-8-27-24(18-20-12-10-9-11-13-20)28-22-16-14-21(15-17-22)23(26(5,6)7)19-25(2,3)4/h14-17,20,23-24H,8-13,18-19H2,1-7H3. The van der Waals surface area contributed by atoms with Crippen LogP contribution in [0.15, 0.2) is 24.3 Å². The molecule has 1 fully saturated rings. The number of hydrogen-bond donors (Lipinski definition) is 0. The number of hydrogen-bond acceptors (Lipinski definition) is 2. The molecule has 0 heterocycles. The van der Waals surface area contributed by atoms with E-state index in [1.807, 2.05) is 0 Å². The molecular formula is C26H44O2. The molecule has 1 aromatic carbocycles. The second-order valence-corrected chi connectivity index (χ2v) is 11.0. The molecule has 2 heteroatoms. The van der Waals surface area contributed by atoms with Gasteiger partial charge in [-0.05, 0) is 53.7 Å². The molecule has 160 valence electrons. The topological polar surface area (TPSA) is 18.5 Å². The second kappa shape index (κ2) is 10.1. The Morgan fingerprint density at radius 1 is 0.929 bits per heavy atom. The van der Waals surface area contributed by atoms with Crippen LogP contribution in [0.3, 0.4) is 0 Å². The molecule has 2 nitrogen and oxygen atoms in total. The van der Waals surface area contributed by atoms with Crippen LogP contribution in [0.5, 0.6) is 5.75 Å². The summed E-state index contributed by atoms with van der Waals surface area (Å²) in [4.78, 5) is 0. The third-order valence-electron chi connectivity index (χ3n) is 6.01. The van der Waals surface area contributed by atoms with E-state index in [0.717, 1.165) is 18.1 Å². The highest BCUT2D eigenvalue weighted by molar-refractivity contribution is 5.30. The molecule has 0 spiro atoms. The summed E-state index contributed by atoms with van der Waals surface area (Å²) in [6, 6.07) is 8.81. The van der Waals surface area contributed by atoms with Gasteiger partial charge in [-0.1, -0.05) is 85.8 Å². The summed E-state index contributed by atoms with van der Waals surface area (Å²) in [6.07, 6.45) is 8.84. The highest BCUT2D eigenvalue weighted by Gasteiger charge is 2.30. The highest BCUT2D eigenvalue weighted by atomic mass is 16.7. The first kappa shape index (κ1) is 23.3. The Bertz CT molecular complexity index is 556. The first-order valence-corrected chi connectivity index (χ1v) is 11.5. The fourth-order valence-corrected chi connectivity index (χ4v) is 4.50. The minimum atomic E-state index is -0.119. The van der Waals surface area contributed by atoms with Gasteiger partial charge in [0.25, 0.3) is 0 Å². The van der Waals surface area contributed by atoms with Crippen molar-refractivity contribution in [2.75, 3.05) is 6.61 Å². The summed E-state index contributed by atoms with van der Waals surface area (Å²) in [5, 5.41) is 0. The van der Waals surface area contributed by atoms with Gasteiger partial charge in [0, 0.05) is 13.0 Å². The number of benzene rings is 1. The first-order valence-electron chi connectivity index (χ1n) is 11.5. The summed E-state index contributed by atoms with van der Waals surface area (Å²) >= 11 is 0. The zero-order valence-corrected chi connectivity index (χ0v) is 19.5. The van der Waals surface area contributed by atoms with Crippen molar-refractivity contribution in [3.05, 3.63) is 29.8 Å². The van der Waals surface area contributed by atoms with Crippen molar-refractivity contribution in [1.82, 2.24) is 0 Å². The van der Waals surface area contributed by atoms with Gasteiger partial charge < -0.3 is 9.47 Å². The molecular weight excluding hydrogens is 344 g/mol. The minimum Gasteiger partial charge on any atom is -0.465 e. The normalized spacial score (nSPS) is 18.7. The molecule has 0 aromatic heterocycles.